The van der Waals surface area contributed by atoms with Crippen LogP contribution in [0.1, 0.15) is 22.6 Å². The van der Waals surface area contributed by atoms with Gasteiger partial charge in [-0.25, -0.2) is 9.69 Å². The van der Waals surface area contributed by atoms with Crippen LogP contribution in [0.4, 0.5) is 10.5 Å². The average Bonchev–Trinajstić information content (AvgIpc) is 3.38. The van der Waals surface area contributed by atoms with E-state index in [-0.39, 0.29) is 18.5 Å². The molecule has 0 radical (unpaired) electrons. The molecule has 1 fully saturated rings. The van der Waals surface area contributed by atoms with E-state index in [0.29, 0.717) is 24.5 Å². The van der Waals surface area contributed by atoms with Crippen LogP contribution >= 0.6 is 0 Å². The summed E-state index contributed by atoms with van der Waals surface area (Å²) in [4.78, 5) is 28.9. The van der Waals surface area contributed by atoms with E-state index in [0.717, 1.165) is 16.8 Å². The molecule has 0 saturated carbocycles. The Bertz CT molecular complexity index is 1040. The predicted molar refractivity (Wildman–Crippen MR) is 108 cm³/mol. The zero-order valence-corrected chi connectivity index (χ0v) is 17.1. The lowest BCUT2D eigenvalue weighted by Gasteiger charge is -2.21. The van der Waals surface area contributed by atoms with Gasteiger partial charge in [-0.1, -0.05) is 35.5 Å². The molecule has 3 aromatic rings. The van der Waals surface area contributed by atoms with Crippen LogP contribution in [0.15, 0.2) is 47.2 Å². The van der Waals surface area contributed by atoms with Crippen LogP contribution in [0, 0.1) is 13.8 Å². The van der Waals surface area contributed by atoms with Gasteiger partial charge in [0.05, 0.1) is 30.7 Å². The maximum Gasteiger partial charge on any atom is 0.332 e. The normalized spacial score (nSPS) is 16.7. The Morgan fingerprint density at radius 1 is 1.13 bits per heavy atom. The van der Waals surface area contributed by atoms with Crippen molar-refractivity contribution in [1.29, 1.82) is 0 Å². The van der Waals surface area contributed by atoms with Gasteiger partial charge >= 0.3 is 6.03 Å². The Morgan fingerprint density at radius 3 is 2.57 bits per heavy atom. The molecule has 1 unspecified atom stereocenters. The molecule has 3 heterocycles. The lowest BCUT2D eigenvalue weighted by molar-refractivity contribution is -0.121. The maximum absolute atomic E-state index is 13.2. The number of urea groups is 1. The number of anilines is 1. The summed E-state index contributed by atoms with van der Waals surface area (Å²) in [6, 6.07) is 8.49. The Labute approximate surface area is 173 Å². The number of carbonyl (C=O) groups excluding carboxylic acids is 2. The molecule has 2 aromatic heterocycles. The number of rotatable bonds is 7. The van der Waals surface area contributed by atoms with Gasteiger partial charge in [0.15, 0.2) is 0 Å². The molecule has 4 rings (SSSR count). The fraction of sp³-hybridized carbons (Fsp3) is 0.333. The quantitative estimate of drug-likeness (QED) is 0.557. The third kappa shape index (κ3) is 3.59. The largest absolute Gasteiger partial charge is 0.382 e. The summed E-state index contributed by atoms with van der Waals surface area (Å²) < 4.78 is 12.1. The molecule has 156 valence electrons. The van der Waals surface area contributed by atoms with Crippen LogP contribution in [0.5, 0.6) is 0 Å². The fourth-order valence-corrected chi connectivity index (χ4v) is 3.60. The van der Waals surface area contributed by atoms with Crippen molar-refractivity contribution in [3.05, 3.63) is 65.3 Å². The number of benzene rings is 1. The van der Waals surface area contributed by atoms with Crippen LogP contribution < -0.4 is 4.90 Å². The lowest BCUT2D eigenvalue weighted by Crippen LogP contribution is -2.37. The molecule has 0 spiro atoms. The van der Waals surface area contributed by atoms with Gasteiger partial charge in [-0.05, 0) is 19.4 Å². The molecular formula is C21H23N5O4. The zero-order valence-electron chi connectivity index (χ0n) is 17.1. The molecule has 9 nitrogen and oxygen atoms in total. The van der Waals surface area contributed by atoms with Crippen LogP contribution in [0.3, 0.4) is 0 Å². The number of amides is 3. The van der Waals surface area contributed by atoms with Crippen molar-refractivity contribution in [3.8, 4) is 0 Å². The van der Waals surface area contributed by atoms with Gasteiger partial charge in [-0.2, -0.15) is 5.10 Å². The van der Waals surface area contributed by atoms with Gasteiger partial charge in [0.25, 0.3) is 5.91 Å². The van der Waals surface area contributed by atoms with Crippen LogP contribution in [0.25, 0.3) is 0 Å². The first-order chi connectivity index (χ1) is 14.5. The third-order valence-electron chi connectivity index (χ3n) is 5.22. The number of aromatic nitrogens is 3. The number of hydrogen-bond acceptors (Lipinski definition) is 6. The van der Waals surface area contributed by atoms with Crippen molar-refractivity contribution in [3.63, 3.8) is 0 Å². The van der Waals surface area contributed by atoms with E-state index < -0.39 is 6.04 Å². The maximum atomic E-state index is 13.2. The highest BCUT2D eigenvalue weighted by atomic mass is 16.5. The Morgan fingerprint density at radius 2 is 1.90 bits per heavy atom. The molecule has 1 saturated heterocycles. The summed E-state index contributed by atoms with van der Waals surface area (Å²) in [7, 11) is 1.52. The minimum atomic E-state index is -0.686. The van der Waals surface area contributed by atoms with Gasteiger partial charge in [0.2, 0.25) is 0 Å². The van der Waals surface area contributed by atoms with E-state index in [9.17, 15) is 9.59 Å². The molecule has 1 aliphatic heterocycles. The first-order valence-electron chi connectivity index (χ1n) is 9.61. The van der Waals surface area contributed by atoms with E-state index in [1.165, 1.54) is 23.1 Å². The lowest BCUT2D eigenvalue weighted by atomic mass is 10.2. The van der Waals surface area contributed by atoms with Gasteiger partial charge in [0.1, 0.15) is 11.8 Å². The number of carbonyl (C=O) groups is 2. The van der Waals surface area contributed by atoms with Crippen molar-refractivity contribution in [2.75, 3.05) is 18.6 Å². The molecule has 0 N–H and O–H groups in total. The first kappa shape index (κ1) is 19.8. The van der Waals surface area contributed by atoms with E-state index in [2.05, 4.69) is 10.3 Å². The smallest absolute Gasteiger partial charge is 0.332 e. The van der Waals surface area contributed by atoms with Crippen LogP contribution in [-0.4, -0.2) is 51.5 Å². The van der Waals surface area contributed by atoms with Crippen molar-refractivity contribution >= 4 is 17.6 Å². The number of nitrogens with zero attached hydrogens (tertiary/aromatic N) is 5. The fourth-order valence-electron chi connectivity index (χ4n) is 3.60. The zero-order chi connectivity index (χ0) is 21.3. The molecule has 30 heavy (non-hydrogen) atoms. The average molecular weight is 409 g/mol. The topological polar surface area (TPSA) is 93.7 Å². The van der Waals surface area contributed by atoms with E-state index in [4.69, 9.17) is 9.26 Å². The van der Waals surface area contributed by atoms with Crippen LogP contribution in [-0.2, 0) is 22.6 Å². The number of aryl methyl sites for hydroxylation is 2. The third-order valence-corrected chi connectivity index (χ3v) is 5.22. The van der Waals surface area contributed by atoms with Crippen LogP contribution in [0.2, 0.25) is 0 Å². The second-order valence-electron chi connectivity index (χ2n) is 7.24. The summed E-state index contributed by atoms with van der Waals surface area (Å²) >= 11 is 0. The second kappa shape index (κ2) is 8.11. The monoisotopic (exact) mass is 409 g/mol. The summed E-state index contributed by atoms with van der Waals surface area (Å²) in [5.41, 5.74) is 3.07. The first-order valence-corrected chi connectivity index (χ1v) is 9.61. The van der Waals surface area contributed by atoms with Crippen molar-refractivity contribution < 1.29 is 18.8 Å². The van der Waals surface area contributed by atoms with Crippen molar-refractivity contribution in [2.24, 2.45) is 0 Å². The van der Waals surface area contributed by atoms with E-state index in [1.807, 2.05) is 44.2 Å². The molecule has 3 amide bonds. The molecule has 1 aromatic carbocycles. The Kier molecular flexibility index (Phi) is 5.37. The molecule has 0 bridgehead atoms. The highest BCUT2D eigenvalue weighted by Gasteiger charge is 2.46. The Balaban J connectivity index is 1.58. The summed E-state index contributed by atoms with van der Waals surface area (Å²) in [5, 5.41) is 8.26. The summed E-state index contributed by atoms with van der Waals surface area (Å²) in [6.45, 7) is 4.58. The number of hydrogen-bond donors (Lipinski definition) is 0. The van der Waals surface area contributed by atoms with Gasteiger partial charge in [-0.15, -0.1) is 0 Å². The number of ether oxygens (including phenoxy) is 1. The van der Waals surface area contributed by atoms with Crippen molar-refractivity contribution in [2.45, 2.75) is 33.0 Å². The van der Waals surface area contributed by atoms with Gasteiger partial charge in [0, 0.05) is 25.4 Å². The molecule has 1 atom stereocenters. The Hall–Kier alpha value is -3.46. The minimum Gasteiger partial charge on any atom is -0.382 e. The number of methoxy groups -OCH3 is 1. The second-order valence-corrected chi connectivity index (χ2v) is 7.24. The standard InChI is InChI=1S/C21H23N5O4/c1-14-18(15(2)30-23-14)12-24-11-17(9-22-24)26-20(27)19(13-29-3)25(21(26)28)10-16-7-5-4-6-8-16/h4-9,11,19H,10,12-13H2,1-3H3. The highest BCUT2D eigenvalue weighted by molar-refractivity contribution is 6.21. The van der Waals surface area contributed by atoms with E-state index >= 15 is 0 Å². The molecule has 1 aliphatic rings. The molecule has 9 heteroatoms. The molecular weight excluding hydrogens is 386 g/mol. The SMILES string of the molecule is COCC1C(=O)N(c2cnn(Cc3c(C)noc3C)c2)C(=O)N1Cc1ccccc1. The summed E-state index contributed by atoms with van der Waals surface area (Å²) in [6.07, 6.45) is 3.20. The van der Waals surface area contributed by atoms with Gasteiger partial charge in [-0.3, -0.25) is 9.48 Å². The molecule has 0 aliphatic carbocycles. The minimum absolute atomic E-state index is 0.126. The van der Waals surface area contributed by atoms with Gasteiger partial charge < -0.3 is 14.2 Å². The number of imide groups is 1. The predicted octanol–water partition coefficient (Wildman–Crippen LogP) is 2.52. The highest BCUT2D eigenvalue weighted by Crippen LogP contribution is 2.27. The van der Waals surface area contributed by atoms with E-state index in [1.54, 1.807) is 10.9 Å². The van der Waals surface area contributed by atoms with Crippen molar-refractivity contribution in [1.82, 2.24) is 19.8 Å². The summed E-state index contributed by atoms with van der Waals surface area (Å²) in [5.74, 6) is 0.391.